The Morgan fingerprint density at radius 3 is 2.46 bits per heavy atom. The number of aromatic nitrogens is 1. The van der Waals surface area contributed by atoms with Crippen molar-refractivity contribution in [3.05, 3.63) is 72.0 Å². The van der Waals surface area contributed by atoms with Gasteiger partial charge in [0.05, 0.1) is 42.9 Å². The second-order valence-electron chi connectivity index (χ2n) is 16.4. The van der Waals surface area contributed by atoms with Gasteiger partial charge in [-0.05, 0) is 84.6 Å². The van der Waals surface area contributed by atoms with Crippen LogP contribution >= 0.6 is 0 Å². The number of pyridine rings is 1. The third kappa shape index (κ3) is 12.9. The fourth-order valence-corrected chi connectivity index (χ4v) is 8.09. The van der Waals surface area contributed by atoms with E-state index in [0.29, 0.717) is 13.0 Å². The number of para-hydroxylation sites is 1. The summed E-state index contributed by atoms with van der Waals surface area (Å²) in [5.74, 6) is -2.57. The Morgan fingerprint density at radius 1 is 1.04 bits per heavy atom. The van der Waals surface area contributed by atoms with Crippen LogP contribution in [-0.4, -0.2) is 133 Å². The molecule has 1 saturated heterocycles. The number of benzene rings is 1. The molecule has 0 bridgehead atoms. The highest BCUT2D eigenvalue weighted by atomic mass is 16.7. The van der Waals surface area contributed by atoms with E-state index in [1.165, 1.54) is 0 Å². The number of nitrogens with zero attached hydrogens (tertiary/aromatic N) is 3. The Labute approximate surface area is 338 Å². The standard InChI is InChI=1S/C45H65N3O9/c1-10-39-35(27-47(6)7)22-28(2)17-18-37(50)29(3)23-34(19-20-49)43(30(4)38(51)25-40(52)56-39)57-45-42(53)41(48(8)9)44(31(5)55-45)54-21-13-14-32-24-33-15-11-12-16-36(33)46-26-32/h11-18,20,22,24,26,29-31,34-35,38-39,41-45,51,53H,10,19,21,23,25,27H2,1-9H3/b14-13+,18-17+,28-22+/t29-,30+,31-,34+,35-,38-,39-,41-,42-,43-,44-,45+/m1/s1. The number of fused-ring (bicyclic) bond motifs is 1. The second kappa shape index (κ2) is 21.9. The van der Waals surface area contributed by atoms with E-state index in [1.807, 2.05) is 114 Å². The van der Waals surface area contributed by atoms with Gasteiger partial charge in [0.25, 0.3) is 0 Å². The zero-order chi connectivity index (χ0) is 41.8. The molecule has 314 valence electrons. The number of carbonyl (C=O) groups is 3. The SMILES string of the molecule is CC[C@H]1OC(=O)C[C@@H](O)[C@H](C)[C@@H](O[C@@H]2O[C@H](C)[C@@H](OC/C=C/c3cnc4ccccc4c3)[C@H](N(C)C)[C@H]2O)[C@@H](CC=O)C[C@@H](C)C(=O)/C=C/C(C)=C/[C@@H]1CN(C)C. The third-order valence-electron chi connectivity index (χ3n) is 11.2. The molecule has 2 aromatic rings. The minimum atomic E-state index is -1.22. The van der Waals surface area contributed by atoms with E-state index in [1.54, 1.807) is 19.1 Å². The number of rotatable bonds is 12. The van der Waals surface area contributed by atoms with E-state index in [4.69, 9.17) is 18.9 Å². The Morgan fingerprint density at radius 2 is 1.77 bits per heavy atom. The summed E-state index contributed by atoms with van der Waals surface area (Å²) >= 11 is 0. The summed E-state index contributed by atoms with van der Waals surface area (Å²) in [5, 5.41) is 24.5. The molecule has 1 aromatic carbocycles. The fourth-order valence-electron chi connectivity index (χ4n) is 8.09. The lowest BCUT2D eigenvalue weighted by Gasteiger charge is -2.48. The summed E-state index contributed by atoms with van der Waals surface area (Å²) in [6.45, 7) is 10.1. The molecular weight excluding hydrogens is 727 g/mol. The Bertz CT molecular complexity index is 1710. The molecule has 1 aromatic heterocycles. The van der Waals surface area contributed by atoms with E-state index < -0.39 is 72.7 Å². The maximum atomic E-state index is 13.5. The van der Waals surface area contributed by atoms with Crippen molar-refractivity contribution in [2.75, 3.05) is 41.3 Å². The topological polar surface area (TPSA) is 148 Å². The predicted octanol–water partition coefficient (Wildman–Crippen LogP) is 5.26. The van der Waals surface area contributed by atoms with Crippen LogP contribution in [0.2, 0.25) is 0 Å². The Kier molecular flexibility index (Phi) is 17.7. The normalized spacial score (nSPS) is 34.0. The number of esters is 1. The predicted molar refractivity (Wildman–Crippen MR) is 221 cm³/mol. The van der Waals surface area contributed by atoms with Gasteiger partial charge in [-0.1, -0.05) is 68.8 Å². The van der Waals surface area contributed by atoms with E-state index in [9.17, 15) is 24.6 Å². The van der Waals surface area contributed by atoms with Crippen molar-refractivity contribution < 1.29 is 43.5 Å². The highest BCUT2D eigenvalue weighted by Crippen LogP contribution is 2.35. The average molecular weight is 792 g/mol. The molecule has 2 aliphatic rings. The first-order chi connectivity index (χ1) is 27.1. The zero-order valence-corrected chi connectivity index (χ0v) is 35.2. The van der Waals surface area contributed by atoms with Crippen molar-refractivity contribution in [1.29, 1.82) is 0 Å². The summed E-state index contributed by atoms with van der Waals surface area (Å²) in [6, 6.07) is 9.42. The summed E-state index contributed by atoms with van der Waals surface area (Å²) in [6.07, 6.45) is 6.30. The summed E-state index contributed by atoms with van der Waals surface area (Å²) in [4.78, 5) is 47.5. The van der Waals surface area contributed by atoms with E-state index in [0.717, 1.165) is 28.3 Å². The fraction of sp³-hybridized carbons (Fsp3) is 0.600. The Balaban J connectivity index is 1.58. The molecule has 0 aliphatic carbocycles. The number of aliphatic hydroxyl groups is 2. The summed E-state index contributed by atoms with van der Waals surface area (Å²) < 4.78 is 25.3. The average Bonchev–Trinajstić information content (AvgIpc) is 3.16. The number of allylic oxidation sites excluding steroid dienone is 3. The highest BCUT2D eigenvalue weighted by molar-refractivity contribution is 5.91. The number of aldehydes is 1. The van der Waals surface area contributed by atoms with Gasteiger partial charge < -0.3 is 43.8 Å². The molecule has 0 saturated carbocycles. The number of ether oxygens (including phenoxy) is 4. The van der Waals surface area contributed by atoms with Gasteiger partial charge in [0.15, 0.2) is 12.1 Å². The largest absolute Gasteiger partial charge is 0.462 e. The molecule has 2 aliphatic heterocycles. The van der Waals surface area contributed by atoms with Crippen LogP contribution in [0.5, 0.6) is 0 Å². The molecule has 4 rings (SSSR count). The quantitative estimate of drug-likeness (QED) is 0.214. The van der Waals surface area contributed by atoms with Crippen LogP contribution in [0.3, 0.4) is 0 Å². The number of likely N-dealkylation sites (N-methyl/N-ethyl adjacent to an activating group) is 1. The first kappa shape index (κ1) is 46.1. The maximum absolute atomic E-state index is 13.5. The van der Waals surface area contributed by atoms with E-state index in [-0.39, 0.29) is 37.6 Å². The first-order valence-corrected chi connectivity index (χ1v) is 20.3. The van der Waals surface area contributed by atoms with Crippen LogP contribution in [0, 0.1) is 23.7 Å². The zero-order valence-electron chi connectivity index (χ0n) is 35.2. The molecule has 12 nitrogen and oxygen atoms in total. The second-order valence-corrected chi connectivity index (χ2v) is 16.4. The van der Waals surface area contributed by atoms with E-state index >= 15 is 0 Å². The highest BCUT2D eigenvalue weighted by Gasteiger charge is 2.48. The van der Waals surface area contributed by atoms with Gasteiger partial charge >= 0.3 is 5.97 Å². The van der Waals surface area contributed by atoms with Crippen LogP contribution in [0.1, 0.15) is 65.9 Å². The molecule has 3 heterocycles. The summed E-state index contributed by atoms with van der Waals surface area (Å²) in [5.41, 5.74) is 2.71. The van der Waals surface area contributed by atoms with Crippen molar-refractivity contribution in [2.45, 2.75) is 109 Å². The maximum Gasteiger partial charge on any atom is 0.308 e. The molecule has 0 unspecified atom stereocenters. The van der Waals surface area contributed by atoms with Crippen LogP contribution in [0.15, 0.2) is 66.4 Å². The molecule has 2 N–H and O–H groups in total. The minimum absolute atomic E-state index is 0.0246. The van der Waals surface area contributed by atoms with Crippen LogP contribution in [-0.2, 0) is 33.3 Å². The van der Waals surface area contributed by atoms with Gasteiger partial charge in [-0.25, -0.2) is 0 Å². The van der Waals surface area contributed by atoms with Crippen LogP contribution < -0.4 is 0 Å². The number of hydrogen-bond acceptors (Lipinski definition) is 12. The number of carbonyl (C=O) groups excluding carboxylic acids is 3. The monoisotopic (exact) mass is 791 g/mol. The molecule has 12 heteroatoms. The molecule has 12 atom stereocenters. The van der Waals surface area contributed by atoms with Gasteiger partial charge in [0, 0.05) is 42.3 Å². The number of ketones is 1. The van der Waals surface area contributed by atoms with Crippen LogP contribution in [0.25, 0.3) is 17.0 Å². The van der Waals surface area contributed by atoms with Gasteiger partial charge in [-0.15, -0.1) is 0 Å². The number of hydrogen-bond donors (Lipinski definition) is 2. The van der Waals surface area contributed by atoms with E-state index in [2.05, 4.69) is 11.1 Å². The van der Waals surface area contributed by atoms with Gasteiger partial charge in [-0.2, -0.15) is 0 Å². The van der Waals surface area contributed by atoms with Crippen molar-refractivity contribution in [1.82, 2.24) is 14.8 Å². The van der Waals surface area contributed by atoms with Crippen molar-refractivity contribution in [3.8, 4) is 0 Å². The molecule has 1 fully saturated rings. The Hall–Kier alpha value is -3.62. The number of aliphatic hydroxyl groups excluding tert-OH is 2. The number of cyclic esters (lactones) is 1. The third-order valence-corrected chi connectivity index (χ3v) is 11.2. The van der Waals surface area contributed by atoms with Crippen LogP contribution in [0.4, 0.5) is 0 Å². The molecular formula is C45H65N3O9. The first-order valence-electron chi connectivity index (χ1n) is 20.3. The summed E-state index contributed by atoms with van der Waals surface area (Å²) in [7, 11) is 7.59. The van der Waals surface area contributed by atoms with Gasteiger partial charge in [-0.3, -0.25) is 14.6 Å². The smallest absolute Gasteiger partial charge is 0.308 e. The van der Waals surface area contributed by atoms with Gasteiger partial charge in [0.2, 0.25) is 0 Å². The molecule has 57 heavy (non-hydrogen) atoms. The van der Waals surface area contributed by atoms with Crippen molar-refractivity contribution >= 4 is 35.0 Å². The van der Waals surface area contributed by atoms with Gasteiger partial charge in [0.1, 0.15) is 24.6 Å². The minimum Gasteiger partial charge on any atom is -0.462 e. The molecule has 0 spiro atoms. The molecule has 0 amide bonds. The lowest BCUT2D eigenvalue weighted by Crippen LogP contribution is -2.64. The lowest BCUT2D eigenvalue weighted by atomic mass is 9.79. The molecule has 0 radical (unpaired) electrons. The van der Waals surface area contributed by atoms with Crippen molar-refractivity contribution in [2.24, 2.45) is 23.7 Å². The lowest BCUT2D eigenvalue weighted by molar-refractivity contribution is -0.308. The van der Waals surface area contributed by atoms with Crippen molar-refractivity contribution in [3.63, 3.8) is 0 Å².